The average molecular weight is 764 g/mol. The molecule has 12 nitrogen and oxygen atoms in total. The third-order valence-electron chi connectivity index (χ3n) is 9.21. The number of esters is 1. The molecule has 0 aliphatic rings. The first-order chi connectivity index (χ1) is 23.1. The Labute approximate surface area is 306 Å². The Kier molecular flexibility index (Phi) is 13.1. The number of halogens is 2. The van der Waals surface area contributed by atoms with Crippen LogP contribution in [0.5, 0.6) is 11.8 Å². The van der Waals surface area contributed by atoms with Crippen LogP contribution in [0.4, 0.5) is 0 Å². The summed E-state index contributed by atoms with van der Waals surface area (Å²) in [5.41, 5.74) is 0.195. The number of ether oxygens (including phenoxy) is 3. The molecule has 16 heteroatoms. The molecule has 272 valence electrons. The summed E-state index contributed by atoms with van der Waals surface area (Å²) in [6.07, 6.45) is 4.81. The van der Waals surface area contributed by atoms with Crippen LogP contribution in [-0.4, -0.2) is 81.8 Å². The molecular weight excluding hydrogens is 715 g/mol. The molecule has 0 saturated carbocycles. The number of hydrogen-bond acceptors (Lipinski definition) is 9. The van der Waals surface area contributed by atoms with Gasteiger partial charge in [0.25, 0.3) is 0 Å². The lowest BCUT2D eigenvalue weighted by molar-refractivity contribution is 0.0525. The van der Waals surface area contributed by atoms with Gasteiger partial charge < -0.3 is 19.3 Å². The van der Waals surface area contributed by atoms with Crippen molar-refractivity contribution < 1.29 is 28.9 Å². The number of carbonyl (C=O) groups is 2. The molecule has 0 aliphatic carbocycles. The van der Waals surface area contributed by atoms with Gasteiger partial charge in [-0.25, -0.2) is 28.9 Å². The number of pyridine rings is 2. The smallest absolute Gasteiger partial charge is 0.341 e. The van der Waals surface area contributed by atoms with Gasteiger partial charge in [-0.15, -0.1) is 10.2 Å². The lowest BCUT2D eigenvalue weighted by atomic mass is 10.2. The predicted octanol–water partition coefficient (Wildman–Crippen LogP) is 8.57. The van der Waals surface area contributed by atoms with Crippen LogP contribution in [0.15, 0.2) is 48.8 Å². The highest BCUT2D eigenvalue weighted by Crippen LogP contribution is 2.37. The lowest BCUT2D eigenvalue weighted by Gasteiger charge is -2.35. The minimum absolute atomic E-state index is 0.0398. The summed E-state index contributed by atoms with van der Waals surface area (Å²) in [4.78, 5) is 31.1. The van der Waals surface area contributed by atoms with Gasteiger partial charge in [-0.1, -0.05) is 90.9 Å². The largest absolute Gasteiger partial charge is 0.480 e. The highest BCUT2D eigenvalue weighted by Gasteiger charge is 2.37. The van der Waals surface area contributed by atoms with Crippen molar-refractivity contribution in [3.05, 3.63) is 70.2 Å². The molecule has 0 bridgehead atoms. The zero-order chi connectivity index (χ0) is 37.7. The van der Waals surface area contributed by atoms with Crippen molar-refractivity contribution in [3.8, 4) is 23.4 Å². The Bertz CT molecular complexity index is 1800. The van der Waals surface area contributed by atoms with Crippen molar-refractivity contribution in [3.63, 3.8) is 0 Å². The van der Waals surface area contributed by atoms with E-state index >= 15 is 0 Å². The fraction of sp³-hybridized carbons (Fsp3) is 0.471. The maximum absolute atomic E-state index is 11.8. The van der Waals surface area contributed by atoms with Gasteiger partial charge in [-0.05, 0) is 41.3 Å². The minimum Gasteiger partial charge on any atom is -0.480 e. The monoisotopic (exact) mass is 762 g/mol. The van der Waals surface area contributed by atoms with Crippen molar-refractivity contribution in [1.82, 2.24) is 29.5 Å². The Hall–Kier alpha value is -3.73. The van der Waals surface area contributed by atoms with E-state index in [0.29, 0.717) is 35.9 Å². The van der Waals surface area contributed by atoms with Crippen LogP contribution in [0, 0.1) is 0 Å². The van der Waals surface area contributed by atoms with Gasteiger partial charge in [0, 0.05) is 24.5 Å². The van der Waals surface area contributed by atoms with E-state index in [1.54, 1.807) is 54.3 Å². The van der Waals surface area contributed by atoms with Crippen LogP contribution < -0.4 is 9.47 Å². The van der Waals surface area contributed by atoms with E-state index in [2.05, 4.69) is 87.9 Å². The third-order valence-corrected chi connectivity index (χ3v) is 19.6. The standard InChI is InChI=1S/C18H26ClN3O3Si.C16H22ClN3O3Si/c1-7-24-17(23)13-8-9-14(20-16(13)19)22-11-10-15(21-22)25-12-26(5,6)18(2,3)4;1-16(2,3)24(4,5)10-23-13-8-9-20(19-13)12-7-6-11(15(21)22)14(17)18-12/h8-11H,7,12H2,1-6H3;6-9H,10H2,1-5H3,(H,21,22). The summed E-state index contributed by atoms with van der Waals surface area (Å²) < 4.78 is 19.8. The van der Waals surface area contributed by atoms with E-state index < -0.39 is 28.1 Å². The number of aromatic nitrogens is 6. The highest BCUT2D eigenvalue weighted by molar-refractivity contribution is 6.80. The van der Waals surface area contributed by atoms with E-state index in [1.165, 1.54) is 10.7 Å². The van der Waals surface area contributed by atoms with Crippen molar-refractivity contribution in [1.29, 1.82) is 0 Å². The summed E-state index contributed by atoms with van der Waals surface area (Å²) >= 11 is 12.0. The lowest BCUT2D eigenvalue weighted by Crippen LogP contribution is -2.43. The van der Waals surface area contributed by atoms with E-state index in [1.807, 2.05) is 0 Å². The quantitative estimate of drug-likeness (QED) is 0.0897. The van der Waals surface area contributed by atoms with Gasteiger partial charge in [-0.3, -0.25) is 0 Å². The maximum atomic E-state index is 11.8. The molecule has 0 unspecified atom stereocenters. The first kappa shape index (κ1) is 40.7. The Morgan fingerprint density at radius 3 is 1.46 bits per heavy atom. The Morgan fingerprint density at radius 2 is 1.12 bits per heavy atom. The summed E-state index contributed by atoms with van der Waals surface area (Å²) in [5, 5.41) is 18.2. The minimum atomic E-state index is -1.56. The van der Waals surface area contributed by atoms with E-state index in [-0.39, 0.29) is 38.1 Å². The summed E-state index contributed by atoms with van der Waals surface area (Å²) in [6.45, 7) is 24.7. The van der Waals surface area contributed by atoms with E-state index in [0.717, 1.165) is 0 Å². The number of carboxylic acids is 1. The summed E-state index contributed by atoms with van der Waals surface area (Å²) in [7, 11) is -3.11. The molecule has 4 rings (SSSR count). The maximum Gasteiger partial charge on any atom is 0.341 e. The molecule has 1 N–H and O–H groups in total. The highest BCUT2D eigenvalue weighted by atomic mass is 35.5. The summed E-state index contributed by atoms with van der Waals surface area (Å²) in [5.74, 6) is 0.396. The van der Waals surface area contributed by atoms with Crippen LogP contribution in [0.2, 0.25) is 46.6 Å². The fourth-order valence-corrected chi connectivity index (χ4v) is 5.93. The molecule has 0 amide bonds. The van der Waals surface area contributed by atoms with Crippen LogP contribution in [0.25, 0.3) is 11.6 Å². The van der Waals surface area contributed by atoms with Crippen molar-refractivity contribution in [2.24, 2.45) is 0 Å². The SMILES string of the molecule is CC(C)(C)[Si](C)(C)COc1ccn(-c2ccc(C(=O)O)c(Cl)n2)n1.CCOC(=O)c1ccc(-n2ccc(OC[Si](C)(C)C(C)(C)C)n2)nc1Cl. The van der Waals surface area contributed by atoms with Gasteiger partial charge in [0.05, 0.1) is 46.3 Å². The molecule has 0 aliphatic heterocycles. The summed E-state index contributed by atoms with van der Waals surface area (Å²) in [6, 6.07) is 9.77. The number of aromatic carboxylic acids is 1. The van der Waals surface area contributed by atoms with Gasteiger partial charge in [0.1, 0.15) is 10.3 Å². The number of carboxylic acid groups (broad SMARTS) is 1. The first-order valence-corrected chi connectivity index (χ1v) is 23.3. The number of carbonyl (C=O) groups excluding carboxylic acids is 1. The van der Waals surface area contributed by atoms with Crippen molar-refractivity contribution in [2.75, 3.05) is 19.1 Å². The van der Waals surface area contributed by atoms with Gasteiger partial charge in [-0.2, -0.15) is 0 Å². The molecular formula is C34H48Cl2N6O6Si2. The van der Waals surface area contributed by atoms with Crippen LogP contribution >= 0.6 is 23.2 Å². The van der Waals surface area contributed by atoms with Gasteiger partial charge >= 0.3 is 11.9 Å². The predicted molar refractivity (Wildman–Crippen MR) is 201 cm³/mol. The third kappa shape index (κ3) is 10.4. The van der Waals surface area contributed by atoms with Crippen LogP contribution in [0.1, 0.15) is 69.2 Å². The molecule has 4 aromatic heterocycles. The topological polar surface area (TPSA) is 143 Å². The number of nitrogens with zero attached hydrogens (tertiary/aromatic N) is 6. The molecule has 0 aromatic carbocycles. The molecule has 50 heavy (non-hydrogen) atoms. The van der Waals surface area contributed by atoms with E-state index in [9.17, 15) is 9.59 Å². The molecule has 0 radical (unpaired) electrons. The second-order valence-corrected chi connectivity index (χ2v) is 26.9. The molecule has 0 atom stereocenters. The van der Waals surface area contributed by atoms with Gasteiger partial charge in [0.15, 0.2) is 11.6 Å². The van der Waals surface area contributed by atoms with Gasteiger partial charge in [0.2, 0.25) is 11.8 Å². The normalized spacial score (nSPS) is 12.2. The molecule has 0 saturated heterocycles. The second kappa shape index (κ2) is 16.1. The van der Waals surface area contributed by atoms with Crippen molar-refractivity contribution in [2.45, 2.75) is 84.7 Å². The molecule has 4 heterocycles. The van der Waals surface area contributed by atoms with Crippen LogP contribution in [-0.2, 0) is 4.74 Å². The second-order valence-electron chi connectivity index (χ2n) is 15.1. The molecule has 4 aromatic rings. The Morgan fingerprint density at radius 1 is 0.720 bits per heavy atom. The zero-order valence-corrected chi connectivity index (χ0v) is 34.2. The first-order valence-electron chi connectivity index (χ1n) is 16.2. The molecule has 0 fully saturated rings. The molecule has 0 spiro atoms. The van der Waals surface area contributed by atoms with Crippen LogP contribution in [0.3, 0.4) is 0 Å². The number of hydrogen-bond donors (Lipinski definition) is 1. The fourth-order valence-electron chi connectivity index (χ4n) is 3.59. The Balaban J connectivity index is 0.000000271. The average Bonchev–Trinajstić information content (AvgIpc) is 3.68. The zero-order valence-electron chi connectivity index (χ0n) is 30.7. The van der Waals surface area contributed by atoms with E-state index in [4.69, 9.17) is 42.5 Å². The number of rotatable bonds is 11. The van der Waals surface area contributed by atoms with Crippen molar-refractivity contribution >= 4 is 51.3 Å².